The van der Waals surface area contributed by atoms with Crippen molar-refractivity contribution < 1.29 is 4.79 Å². The summed E-state index contributed by atoms with van der Waals surface area (Å²) in [6.07, 6.45) is 4.01. The molecule has 1 saturated heterocycles. The molecule has 1 aliphatic rings. The summed E-state index contributed by atoms with van der Waals surface area (Å²) in [5.41, 5.74) is -0.313. The molecule has 1 fully saturated rings. The quantitative estimate of drug-likeness (QED) is 0.859. The molecule has 0 atom stereocenters. The van der Waals surface area contributed by atoms with Crippen LogP contribution in [0.3, 0.4) is 0 Å². The summed E-state index contributed by atoms with van der Waals surface area (Å²) in [6.45, 7) is 5.63. The molecule has 2 aromatic rings. The molecule has 1 N–H and O–H groups in total. The molecule has 8 heteroatoms. The molecule has 0 bridgehead atoms. The fourth-order valence-corrected chi connectivity index (χ4v) is 3.03. The Balaban J connectivity index is 1.67. The van der Waals surface area contributed by atoms with Crippen molar-refractivity contribution in [3.05, 3.63) is 46.5 Å². The molecule has 0 saturated carbocycles. The van der Waals surface area contributed by atoms with Crippen molar-refractivity contribution in [1.82, 2.24) is 19.9 Å². The smallest absolute Gasteiger partial charge is 0.265 e. The van der Waals surface area contributed by atoms with Crippen molar-refractivity contribution >= 4 is 17.7 Å². The maximum atomic E-state index is 12.3. The maximum absolute atomic E-state index is 12.3. The minimum Gasteiger partial charge on any atom is -0.353 e. The molecule has 138 valence electrons. The molecule has 1 aliphatic heterocycles. The highest BCUT2D eigenvalue weighted by atomic mass is 16.2. The van der Waals surface area contributed by atoms with Gasteiger partial charge in [-0.15, -0.1) is 0 Å². The SMILES string of the molecule is CCCN(C)C(=O)c1cnc(N2CCN(c3ccccn3)CC2)[nH]c1=O. The zero-order chi connectivity index (χ0) is 18.5. The van der Waals surface area contributed by atoms with E-state index in [1.807, 2.05) is 30.0 Å². The van der Waals surface area contributed by atoms with Gasteiger partial charge in [-0.05, 0) is 18.6 Å². The monoisotopic (exact) mass is 356 g/mol. The molecular formula is C18H24N6O2. The van der Waals surface area contributed by atoms with E-state index in [1.54, 1.807) is 13.2 Å². The van der Waals surface area contributed by atoms with Gasteiger partial charge in [0.05, 0.1) is 0 Å². The Morgan fingerprint density at radius 2 is 1.92 bits per heavy atom. The van der Waals surface area contributed by atoms with Gasteiger partial charge in [-0.3, -0.25) is 14.6 Å². The number of carbonyl (C=O) groups is 1. The van der Waals surface area contributed by atoms with E-state index in [4.69, 9.17) is 0 Å². The van der Waals surface area contributed by atoms with Gasteiger partial charge in [-0.2, -0.15) is 0 Å². The Bertz CT molecular complexity index is 799. The molecular weight excluding hydrogens is 332 g/mol. The zero-order valence-corrected chi connectivity index (χ0v) is 15.2. The number of pyridine rings is 1. The normalized spacial score (nSPS) is 14.4. The van der Waals surface area contributed by atoms with E-state index in [1.165, 1.54) is 11.1 Å². The third-order valence-corrected chi connectivity index (χ3v) is 4.47. The molecule has 0 aromatic carbocycles. The van der Waals surface area contributed by atoms with Crippen molar-refractivity contribution in [3.8, 4) is 0 Å². The third-order valence-electron chi connectivity index (χ3n) is 4.47. The molecule has 2 aromatic heterocycles. The first kappa shape index (κ1) is 17.9. The van der Waals surface area contributed by atoms with Gasteiger partial charge in [0.1, 0.15) is 11.4 Å². The topological polar surface area (TPSA) is 85.4 Å². The van der Waals surface area contributed by atoms with Gasteiger partial charge in [0.2, 0.25) is 5.95 Å². The Morgan fingerprint density at radius 3 is 2.54 bits per heavy atom. The summed E-state index contributed by atoms with van der Waals surface area (Å²) >= 11 is 0. The molecule has 0 spiro atoms. The van der Waals surface area contributed by atoms with Gasteiger partial charge in [0.15, 0.2) is 0 Å². The van der Waals surface area contributed by atoms with Crippen LogP contribution >= 0.6 is 0 Å². The Kier molecular flexibility index (Phi) is 5.50. The molecule has 0 radical (unpaired) electrons. The summed E-state index contributed by atoms with van der Waals surface area (Å²) in [7, 11) is 1.69. The van der Waals surface area contributed by atoms with Crippen LogP contribution in [0.4, 0.5) is 11.8 Å². The molecule has 8 nitrogen and oxygen atoms in total. The fourth-order valence-electron chi connectivity index (χ4n) is 3.03. The summed E-state index contributed by atoms with van der Waals surface area (Å²) < 4.78 is 0. The zero-order valence-electron chi connectivity index (χ0n) is 15.2. The summed E-state index contributed by atoms with van der Waals surface area (Å²) in [5.74, 6) is 1.16. The van der Waals surface area contributed by atoms with E-state index >= 15 is 0 Å². The van der Waals surface area contributed by atoms with Gasteiger partial charge in [0.25, 0.3) is 11.5 Å². The largest absolute Gasteiger partial charge is 0.353 e. The Morgan fingerprint density at radius 1 is 1.19 bits per heavy atom. The number of rotatable bonds is 5. The molecule has 0 aliphatic carbocycles. The number of piperazine rings is 1. The predicted octanol–water partition coefficient (Wildman–Crippen LogP) is 0.973. The highest BCUT2D eigenvalue weighted by molar-refractivity contribution is 5.93. The first-order valence-electron chi connectivity index (χ1n) is 8.86. The second kappa shape index (κ2) is 7.99. The van der Waals surface area contributed by atoms with Crippen LogP contribution in [0.25, 0.3) is 0 Å². The lowest BCUT2D eigenvalue weighted by atomic mass is 10.3. The fraction of sp³-hybridized carbons (Fsp3) is 0.444. The second-order valence-corrected chi connectivity index (χ2v) is 6.34. The number of hydrogen-bond acceptors (Lipinski definition) is 6. The van der Waals surface area contributed by atoms with Crippen molar-refractivity contribution in [2.45, 2.75) is 13.3 Å². The number of aromatic nitrogens is 3. The second-order valence-electron chi connectivity index (χ2n) is 6.34. The van der Waals surface area contributed by atoms with Gasteiger partial charge in [0, 0.05) is 52.2 Å². The van der Waals surface area contributed by atoms with Crippen molar-refractivity contribution in [1.29, 1.82) is 0 Å². The number of hydrogen-bond donors (Lipinski definition) is 1. The van der Waals surface area contributed by atoms with Gasteiger partial charge in [-0.25, -0.2) is 9.97 Å². The van der Waals surface area contributed by atoms with Crippen LogP contribution in [0.2, 0.25) is 0 Å². The minimum atomic E-state index is -0.393. The van der Waals surface area contributed by atoms with E-state index in [9.17, 15) is 9.59 Å². The van der Waals surface area contributed by atoms with E-state index in [2.05, 4.69) is 19.9 Å². The predicted molar refractivity (Wildman–Crippen MR) is 101 cm³/mol. The number of nitrogens with zero attached hydrogens (tertiary/aromatic N) is 5. The summed E-state index contributed by atoms with van der Waals surface area (Å²) in [6, 6.07) is 5.86. The molecule has 3 rings (SSSR count). The third kappa shape index (κ3) is 3.84. The average molecular weight is 356 g/mol. The molecule has 0 unspecified atom stereocenters. The van der Waals surface area contributed by atoms with Crippen LogP contribution < -0.4 is 15.4 Å². The number of aromatic amines is 1. The maximum Gasteiger partial charge on any atom is 0.265 e. The number of H-pyrrole nitrogens is 1. The van der Waals surface area contributed by atoms with E-state index in [0.717, 1.165) is 38.4 Å². The lowest BCUT2D eigenvalue weighted by Gasteiger charge is -2.35. The van der Waals surface area contributed by atoms with Crippen LogP contribution in [0.15, 0.2) is 35.4 Å². The number of carbonyl (C=O) groups excluding carboxylic acids is 1. The lowest BCUT2D eigenvalue weighted by Crippen LogP contribution is -2.48. The summed E-state index contributed by atoms with van der Waals surface area (Å²) in [5, 5.41) is 0. The van der Waals surface area contributed by atoms with Crippen molar-refractivity contribution in [2.24, 2.45) is 0 Å². The first-order chi connectivity index (χ1) is 12.6. The standard InChI is InChI=1S/C18H24N6O2/c1-3-8-22(2)17(26)14-13-20-18(21-16(14)25)24-11-9-23(10-12-24)15-6-4-5-7-19-15/h4-7,13H,3,8-12H2,1-2H3,(H,20,21,25). The van der Waals surface area contributed by atoms with Gasteiger partial charge in [-0.1, -0.05) is 13.0 Å². The van der Waals surface area contributed by atoms with E-state index in [0.29, 0.717) is 12.5 Å². The van der Waals surface area contributed by atoms with Crippen LogP contribution in [0.1, 0.15) is 23.7 Å². The minimum absolute atomic E-state index is 0.0804. The Labute approximate surface area is 152 Å². The molecule has 3 heterocycles. The lowest BCUT2D eigenvalue weighted by molar-refractivity contribution is 0.0793. The van der Waals surface area contributed by atoms with Gasteiger partial charge >= 0.3 is 0 Å². The van der Waals surface area contributed by atoms with E-state index < -0.39 is 5.56 Å². The number of anilines is 2. The Hall–Kier alpha value is -2.90. The number of amides is 1. The van der Waals surface area contributed by atoms with Crippen LogP contribution in [0, 0.1) is 0 Å². The van der Waals surface area contributed by atoms with Crippen molar-refractivity contribution in [3.63, 3.8) is 0 Å². The van der Waals surface area contributed by atoms with E-state index in [-0.39, 0.29) is 11.5 Å². The first-order valence-corrected chi connectivity index (χ1v) is 8.86. The van der Waals surface area contributed by atoms with Crippen LogP contribution in [0.5, 0.6) is 0 Å². The summed E-state index contributed by atoms with van der Waals surface area (Å²) in [4.78, 5) is 41.8. The average Bonchev–Trinajstić information content (AvgIpc) is 2.68. The van der Waals surface area contributed by atoms with Crippen LogP contribution in [-0.4, -0.2) is 65.5 Å². The van der Waals surface area contributed by atoms with Crippen LogP contribution in [-0.2, 0) is 0 Å². The number of nitrogens with one attached hydrogen (secondary N) is 1. The van der Waals surface area contributed by atoms with Gasteiger partial charge < -0.3 is 14.7 Å². The molecule has 26 heavy (non-hydrogen) atoms. The van der Waals surface area contributed by atoms with Crippen molar-refractivity contribution in [2.75, 3.05) is 49.6 Å². The highest BCUT2D eigenvalue weighted by Gasteiger charge is 2.21. The highest BCUT2D eigenvalue weighted by Crippen LogP contribution is 2.15. The molecule has 1 amide bonds.